The molecule has 0 saturated carbocycles. The first-order valence-electron chi connectivity index (χ1n) is 6.45. The Morgan fingerprint density at radius 2 is 1.96 bits per heavy atom. The standard InChI is InChI=1S/C15H9F3N2O3/c1-8-6-13(21)23-11-7-9(2-3-10(8)11)22-14-19-5-4-12(20-14)15(16,17)18/h2-7H,1H3. The van der Waals surface area contributed by atoms with Crippen molar-refractivity contribution in [3.8, 4) is 11.8 Å². The Bertz CT molecular complexity index is 935. The van der Waals surface area contributed by atoms with Gasteiger partial charge in [0.25, 0.3) is 0 Å². The SMILES string of the molecule is Cc1cc(=O)oc2cc(Oc3nccc(C(F)(F)F)n3)ccc12. The molecule has 5 nitrogen and oxygen atoms in total. The molecule has 0 unspecified atom stereocenters. The fourth-order valence-electron chi connectivity index (χ4n) is 2.02. The van der Waals surface area contributed by atoms with Gasteiger partial charge in [-0.2, -0.15) is 18.2 Å². The molecule has 0 bridgehead atoms. The van der Waals surface area contributed by atoms with Crippen LogP contribution in [0.1, 0.15) is 11.3 Å². The van der Waals surface area contributed by atoms with E-state index in [4.69, 9.17) is 9.15 Å². The van der Waals surface area contributed by atoms with Crippen molar-refractivity contribution in [2.45, 2.75) is 13.1 Å². The Hall–Kier alpha value is -2.90. The van der Waals surface area contributed by atoms with E-state index in [9.17, 15) is 18.0 Å². The maximum atomic E-state index is 12.6. The van der Waals surface area contributed by atoms with Crippen molar-refractivity contribution in [1.82, 2.24) is 9.97 Å². The number of hydrogen-bond acceptors (Lipinski definition) is 5. The van der Waals surface area contributed by atoms with Gasteiger partial charge in [0.05, 0.1) is 0 Å². The lowest BCUT2D eigenvalue weighted by molar-refractivity contribution is -0.141. The number of ether oxygens (including phenoxy) is 1. The summed E-state index contributed by atoms with van der Waals surface area (Å²) in [6.45, 7) is 1.75. The van der Waals surface area contributed by atoms with Crippen LogP contribution in [-0.4, -0.2) is 9.97 Å². The summed E-state index contributed by atoms with van der Waals surface area (Å²) in [7, 11) is 0. The first kappa shape index (κ1) is 15.0. The van der Waals surface area contributed by atoms with Gasteiger partial charge in [-0.1, -0.05) is 0 Å². The molecule has 1 aromatic carbocycles. The summed E-state index contributed by atoms with van der Waals surface area (Å²) in [6.07, 6.45) is -3.63. The lowest BCUT2D eigenvalue weighted by Gasteiger charge is -2.08. The highest BCUT2D eigenvalue weighted by Crippen LogP contribution is 2.29. The molecule has 0 radical (unpaired) electrons. The number of alkyl halides is 3. The van der Waals surface area contributed by atoms with Crippen LogP contribution in [0.2, 0.25) is 0 Å². The average molecular weight is 322 g/mol. The quantitative estimate of drug-likeness (QED) is 0.673. The van der Waals surface area contributed by atoms with Gasteiger partial charge < -0.3 is 9.15 Å². The molecule has 2 heterocycles. The molecule has 0 aliphatic rings. The molecular weight excluding hydrogens is 313 g/mol. The zero-order chi connectivity index (χ0) is 16.6. The van der Waals surface area contributed by atoms with Crippen molar-refractivity contribution in [2.24, 2.45) is 0 Å². The van der Waals surface area contributed by atoms with Crippen LogP contribution in [0.3, 0.4) is 0 Å². The lowest BCUT2D eigenvalue weighted by atomic mass is 10.1. The zero-order valence-electron chi connectivity index (χ0n) is 11.7. The summed E-state index contributed by atoms with van der Waals surface area (Å²) in [5.41, 5.74) is -0.647. The summed E-state index contributed by atoms with van der Waals surface area (Å²) in [4.78, 5) is 18.3. The van der Waals surface area contributed by atoms with Crippen molar-refractivity contribution >= 4 is 11.0 Å². The van der Waals surface area contributed by atoms with Gasteiger partial charge >= 0.3 is 17.8 Å². The molecule has 2 aromatic heterocycles. The van der Waals surface area contributed by atoms with Gasteiger partial charge in [-0.15, -0.1) is 0 Å². The van der Waals surface area contributed by atoms with Gasteiger partial charge in [0.1, 0.15) is 11.3 Å². The Kier molecular flexibility index (Phi) is 3.51. The second-order valence-electron chi connectivity index (χ2n) is 4.73. The van der Waals surface area contributed by atoms with Crippen LogP contribution >= 0.6 is 0 Å². The third kappa shape index (κ3) is 3.15. The summed E-state index contributed by atoms with van der Waals surface area (Å²) >= 11 is 0. The molecule has 8 heteroatoms. The molecule has 3 rings (SSSR count). The molecular formula is C15H9F3N2O3. The molecule has 0 atom stereocenters. The van der Waals surface area contributed by atoms with Crippen LogP contribution in [0.15, 0.2) is 45.7 Å². The van der Waals surface area contributed by atoms with E-state index in [1.165, 1.54) is 18.2 Å². The van der Waals surface area contributed by atoms with Crippen LogP contribution in [0.25, 0.3) is 11.0 Å². The molecule has 0 aliphatic heterocycles. The van der Waals surface area contributed by atoms with Crippen molar-refractivity contribution in [1.29, 1.82) is 0 Å². The molecule has 0 amide bonds. The van der Waals surface area contributed by atoms with Crippen molar-refractivity contribution in [3.63, 3.8) is 0 Å². The second kappa shape index (κ2) is 5.38. The smallest absolute Gasteiger partial charge is 0.424 e. The van der Waals surface area contributed by atoms with Crippen LogP contribution in [0, 0.1) is 6.92 Å². The fraction of sp³-hybridized carbons (Fsp3) is 0.133. The average Bonchev–Trinajstić information content (AvgIpc) is 2.46. The maximum Gasteiger partial charge on any atom is 0.433 e. The summed E-state index contributed by atoms with van der Waals surface area (Å²) in [5, 5.41) is 0.696. The molecule has 0 aliphatic carbocycles. The van der Waals surface area contributed by atoms with E-state index in [0.717, 1.165) is 17.8 Å². The van der Waals surface area contributed by atoms with Crippen LogP contribution in [0.5, 0.6) is 11.8 Å². The fourth-order valence-corrected chi connectivity index (χ4v) is 2.02. The Morgan fingerprint density at radius 3 is 2.70 bits per heavy atom. The molecule has 0 N–H and O–H groups in total. The van der Waals surface area contributed by atoms with E-state index in [-0.39, 0.29) is 11.3 Å². The summed E-state index contributed by atoms with van der Waals surface area (Å²) < 4.78 is 48.1. The third-order valence-corrected chi connectivity index (χ3v) is 3.06. The highest BCUT2D eigenvalue weighted by atomic mass is 19.4. The van der Waals surface area contributed by atoms with E-state index in [1.807, 2.05) is 0 Å². The third-order valence-electron chi connectivity index (χ3n) is 3.06. The number of aromatic nitrogens is 2. The highest BCUT2D eigenvalue weighted by Gasteiger charge is 2.33. The largest absolute Gasteiger partial charge is 0.433 e. The zero-order valence-corrected chi connectivity index (χ0v) is 11.7. The van der Waals surface area contributed by atoms with Gasteiger partial charge in [0, 0.05) is 23.7 Å². The normalized spacial score (nSPS) is 11.7. The first-order chi connectivity index (χ1) is 10.8. The van der Waals surface area contributed by atoms with Crippen LogP contribution < -0.4 is 10.4 Å². The van der Waals surface area contributed by atoms with Gasteiger partial charge in [0.15, 0.2) is 5.69 Å². The van der Waals surface area contributed by atoms with Crippen LogP contribution in [-0.2, 0) is 6.18 Å². The van der Waals surface area contributed by atoms with Gasteiger partial charge in [-0.25, -0.2) is 9.78 Å². The Labute approximate surface area is 127 Å². The van der Waals surface area contributed by atoms with E-state index in [1.54, 1.807) is 13.0 Å². The van der Waals surface area contributed by atoms with Crippen molar-refractivity contribution in [3.05, 3.63) is 58.2 Å². The van der Waals surface area contributed by atoms with Gasteiger partial charge in [-0.3, -0.25) is 0 Å². The number of hydrogen-bond donors (Lipinski definition) is 0. The first-order valence-corrected chi connectivity index (χ1v) is 6.45. The molecule has 23 heavy (non-hydrogen) atoms. The summed E-state index contributed by atoms with van der Waals surface area (Å²) in [6, 6.07) is 6.20. The summed E-state index contributed by atoms with van der Waals surface area (Å²) in [5.74, 6) is 0.158. The minimum atomic E-state index is -4.59. The van der Waals surface area contributed by atoms with E-state index < -0.39 is 23.5 Å². The van der Waals surface area contributed by atoms with Crippen LogP contribution in [0.4, 0.5) is 13.2 Å². The number of halogens is 3. The van der Waals surface area contributed by atoms with E-state index in [2.05, 4.69) is 9.97 Å². The minimum Gasteiger partial charge on any atom is -0.424 e. The topological polar surface area (TPSA) is 65.2 Å². The number of aryl methyl sites for hydroxylation is 1. The number of rotatable bonds is 2. The predicted octanol–water partition coefficient (Wildman–Crippen LogP) is 3.70. The van der Waals surface area contributed by atoms with Gasteiger partial charge in [0.2, 0.25) is 0 Å². The van der Waals surface area contributed by atoms with Crippen molar-refractivity contribution < 1.29 is 22.3 Å². The molecule has 0 saturated heterocycles. The number of benzene rings is 1. The Morgan fingerprint density at radius 1 is 1.17 bits per heavy atom. The van der Waals surface area contributed by atoms with Crippen molar-refractivity contribution in [2.75, 3.05) is 0 Å². The molecule has 118 valence electrons. The Balaban J connectivity index is 1.97. The van der Waals surface area contributed by atoms with E-state index >= 15 is 0 Å². The molecule has 0 spiro atoms. The van der Waals surface area contributed by atoms with E-state index in [0.29, 0.717) is 5.39 Å². The lowest BCUT2D eigenvalue weighted by Crippen LogP contribution is -2.08. The number of fused-ring (bicyclic) bond motifs is 1. The maximum absolute atomic E-state index is 12.6. The second-order valence-corrected chi connectivity index (χ2v) is 4.73. The predicted molar refractivity (Wildman–Crippen MR) is 74.3 cm³/mol. The molecule has 3 aromatic rings. The van der Waals surface area contributed by atoms with Gasteiger partial charge in [-0.05, 0) is 30.7 Å². The monoisotopic (exact) mass is 322 g/mol. The minimum absolute atomic E-state index is 0.158. The highest BCUT2D eigenvalue weighted by molar-refractivity contribution is 5.81. The molecule has 0 fully saturated rings. The number of nitrogens with zero attached hydrogens (tertiary/aromatic N) is 2.